The third-order valence-electron chi connectivity index (χ3n) is 3.71. The van der Waals surface area contributed by atoms with Crippen LogP contribution in [0.2, 0.25) is 0 Å². The van der Waals surface area contributed by atoms with E-state index in [1.807, 2.05) is 0 Å². The van der Waals surface area contributed by atoms with Crippen LogP contribution in [0.3, 0.4) is 0 Å². The number of hydrogen-bond donors (Lipinski definition) is 2. The molecule has 2 N–H and O–H groups in total. The van der Waals surface area contributed by atoms with Gasteiger partial charge in [-0.2, -0.15) is 0 Å². The van der Waals surface area contributed by atoms with Crippen LogP contribution in [0.1, 0.15) is 18.4 Å². The summed E-state index contributed by atoms with van der Waals surface area (Å²) in [7, 11) is 0. The fourth-order valence-corrected chi connectivity index (χ4v) is 2.34. The Kier molecular flexibility index (Phi) is 4.85. The number of aliphatic hydroxyl groups excluding tert-OH is 1. The van der Waals surface area contributed by atoms with Crippen LogP contribution in [-0.2, 0) is 11.3 Å². The number of nitrogens with one attached hydrogen (secondary N) is 1. The maximum absolute atomic E-state index is 13.4. The van der Waals surface area contributed by atoms with E-state index in [1.165, 1.54) is 6.07 Å². The summed E-state index contributed by atoms with van der Waals surface area (Å²) >= 11 is 0. The number of benzene rings is 1. The Balaban J connectivity index is 1.90. The van der Waals surface area contributed by atoms with Gasteiger partial charge in [-0.1, -0.05) is 0 Å². The largest absolute Gasteiger partial charge is 0.396 e. The molecule has 1 heterocycles. The van der Waals surface area contributed by atoms with Gasteiger partial charge in [-0.05, 0) is 31.0 Å². The molecule has 106 valence electrons. The summed E-state index contributed by atoms with van der Waals surface area (Å²) in [6.45, 7) is 2.18. The first-order valence-corrected chi connectivity index (χ1v) is 6.48. The van der Waals surface area contributed by atoms with Crippen LogP contribution in [0.4, 0.5) is 8.78 Å². The maximum atomic E-state index is 13.4. The molecule has 19 heavy (non-hydrogen) atoms. The summed E-state index contributed by atoms with van der Waals surface area (Å²) in [5.41, 5.74) is 0.0994. The molecule has 1 fully saturated rings. The zero-order valence-corrected chi connectivity index (χ0v) is 10.8. The monoisotopic (exact) mass is 271 g/mol. The molecule has 0 unspecified atom stereocenters. The van der Waals surface area contributed by atoms with E-state index < -0.39 is 11.6 Å². The smallest absolute Gasteiger partial charge is 0.127 e. The Labute approximate surface area is 111 Å². The maximum Gasteiger partial charge on any atom is 0.127 e. The van der Waals surface area contributed by atoms with Crippen molar-refractivity contribution >= 4 is 0 Å². The highest BCUT2D eigenvalue weighted by molar-refractivity contribution is 5.18. The lowest BCUT2D eigenvalue weighted by molar-refractivity contribution is -0.0154. The zero-order valence-electron chi connectivity index (χ0n) is 10.8. The quantitative estimate of drug-likeness (QED) is 0.858. The van der Waals surface area contributed by atoms with Crippen LogP contribution in [0.15, 0.2) is 18.2 Å². The highest BCUT2D eigenvalue weighted by atomic mass is 19.1. The van der Waals surface area contributed by atoms with Crippen LogP contribution in [-0.4, -0.2) is 31.5 Å². The molecule has 0 aliphatic carbocycles. The first-order valence-electron chi connectivity index (χ1n) is 6.48. The van der Waals surface area contributed by atoms with Crippen molar-refractivity contribution in [2.24, 2.45) is 5.41 Å². The number of aliphatic hydroxyl groups is 1. The van der Waals surface area contributed by atoms with Gasteiger partial charge in [-0.15, -0.1) is 0 Å². The second-order valence-electron chi connectivity index (χ2n) is 5.11. The van der Waals surface area contributed by atoms with Crippen molar-refractivity contribution in [1.29, 1.82) is 0 Å². The molecular weight excluding hydrogens is 252 g/mol. The number of rotatable bonds is 5. The Morgan fingerprint density at radius 3 is 2.68 bits per heavy atom. The molecule has 0 atom stereocenters. The van der Waals surface area contributed by atoms with Crippen LogP contribution < -0.4 is 5.32 Å². The molecule has 0 bridgehead atoms. The van der Waals surface area contributed by atoms with Gasteiger partial charge in [0.25, 0.3) is 0 Å². The van der Waals surface area contributed by atoms with Crippen LogP contribution in [0, 0.1) is 17.0 Å². The lowest BCUT2D eigenvalue weighted by Crippen LogP contribution is -2.41. The van der Waals surface area contributed by atoms with Crippen molar-refractivity contribution < 1.29 is 18.6 Å². The molecule has 0 radical (unpaired) electrons. The van der Waals surface area contributed by atoms with Crippen LogP contribution in [0.5, 0.6) is 0 Å². The number of halogens is 2. The van der Waals surface area contributed by atoms with Crippen LogP contribution in [0.25, 0.3) is 0 Å². The Hall–Kier alpha value is -1.04. The third-order valence-corrected chi connectivity index (χ3v) is 3.71. The molecule has 1 aliphatic heterocycles. The van der Waals surface area contributed by atoms with E-state index in [0.29, 0.717) is 25.3 Å². The topological polar surface area (TPSA) is 41.5 Å². The molecule has 3 nitrogen and oxygen atoms in total. The van der Waals surface area contributed by atoms with E-state index in [0.717, 1.165) is 25.0 Å². The summed E-state index contributed by atoms with van der Waals surface area (Å²) in [5.74, 6) is -0.861. The second kappa shape index (κ2) is 6.41. The minimum absolute atomic E-state index is 0.0784. The van der Waals surface area contributed by atoms with Gasteiger partial charge in [0, 0.05) is 37.3 Å². The fourth-order valence-electron chi connectivity index (χ4n) is 2.34. The molecule has 2 rings (SSSR count). The summed E-state index contributed by atoms with van der Waals surface area (Å²) < 4.78 is 31.7. The Morgan fingerprint density at radius 2 is 2.00 bits per heavy atom. The van der Waals surface area contributed by atoms with Crippen molar-refractivity contribution in [3.8, 4) is 0 Å². The lowest BCUT2D eigenvalue weighted by Gasteiger charge is -2.35. The van der Waals surface area contributed by atoms with E-state index in [9.17, 15) is 13.9 Å². The lowest BCUT2D eigenvalue weighted by atomic mass is 9.81. The Bertz CT molecular complexity index is 420. The van der Waals surface area contributed by atoms with Crippen molar-refractivity contribution in [2.75, 3.05) is 26.4 Å². The predicted octanol–water partition coefficient (Wildman–Crippen LogP) is 1.84. The van der Waals surface area contributed by atoms with Crippen molar-refractivity contribution in [1.82, 2.24) is 5.32 Å². The molecule has 0 aromatic heterocycles. The van der Waals surface area contributed by atoms with Gasteiger partial charge in [0.2, 0.25) is 0 Å². The molecule has 1 saturated heterocycles. The predicted molar refractivity (Wildman–Crippen MR) is 67.6 cm³/mol. The molecular formula is C14H19F2NO2. The fraction of sp³-hybridized carbons (Fsp3) is 0.571. The average Bonchev–Trinajstić information content (AvgIpc) is 2.44. The van der Waals surface area contributed by atoms with Gasteiger partial charge in [0.05, 0.1) is 6.61 Å². The summed E-state index contributed by atoms with van der Waals surface area (Å²) in [6.07, 6.45) is 1.56. The molecule has 5 heteroatoms. The molecule has 1 aliphatic rings. The number of hydrogen-bond acceptors (Lipinski definition) is 3. The van der Waals surface area contributed by atoms with Gasteiger partial charge in [-0.3, -0.25) is 0 Å². The van der Waals surface area contributed by atoms with Gasteiger partial charge >= 0.3 is 0 Å². The Morgan fingerprint density at radius 1 is 1.26 bits per heavy atom. The highest BCUT2D eigenvalue weighted by Crippen LogP contribution is 2.29. The van der Waals surface area contributed by atoms with Gasteiger partial charge in [0.15, 0.2) is 0 Å². The molecule has 0 spiro atoms. The standard InChI is InChI=1S/C14H19F2NO2/c15-12-1-2-13(16)11(7-12)8-17-9-14(10-18)3-5-19-6-4-14/h1-2,7,17-18H,3-6,8-10H2. The minimum Gasteiger partial charge on any atom is -0.396 e. The van der Waals surface area contributed by atoms with Gasteiger partial charge in [-0.25, -0.2) is 8.78 Å². The summed E-state index contributed by atoms with van der Waals surface area (Å²) in [4.78, 5) is 0. The third kappa shape index (κ3) is 3.72. The van der Waals surface area contributed by atoms with E-state index in [4.69, 9.17) is 4.74 Å². The normalized spacial score (nSPS) is 18.5. The summed E-state index contributed by atoms with van der Waals surface area (Å²) in [5, 5.41) is 12.6. The van der Waals surface area contributed by atoms with Crippen molar-refractivity contribution in [3.63, 3.8) is 0 Å². The second-order valence-corrected chi connectivity index (χ2v) is 5.11. The van der Waals surface area contributed by atoms with E-state index >= 15 is 0 Å². The van der Waals surface area contributed by atoms with Gasteiger partial charge in [0.1, 0.15) is 11.6 Å². The molecule has 0 amide bonds. The van der Waals surface area contributed by atoms with Crippen LogP contribution >= 0.6 is 0 Å². The SMILES string of the molecule is OCC1(CNCc2cc(F)ccc2F)CCOCC1. The van der Waals surface area contributed by atoms with Crippen molar-refractivity contribution in [3.05, 3.63) is 35.4 Å². The van der Waals surface area contributed by atoms with E-state index in [2.05, 4.69) is 5.32 Å². The first kappa shape index (κ1) is 14.4. The summed E-state index contributed by atoms with van der Waals surface area (Å²) in [6, 6.07) is 3.42. The molecule has 1 aromatic rings. The zero-order chi connectivity index (χ0) is 13.7. The first-order chi connectivity index (χ1) is 9.15. The number of ether oxygens (including phenoxy) is 1. The average molecular weight is 271 g/mol. The van der Waals surface area contributed by atoms with E-state index in [-0.39, 0.29) is 18.6 Å². The van der Waals surface area contributed by atoms with Gasteiger partial charge < -0.3 is 15.2 Å². The van der Waals surface area contributed by atoms with Crippen molar-refractivity contribution in [2.45, 2.75) is 19.4 Å². The molecule has 1 aromatic carbocycles. The highest BCUT2D eigenvalue weighted by Gasteiger charge is 2.31. The molecule has 0 saturated carbocycles. The minimum atomic E-state index is -0.443. The van der Waals surface area contributed by atoms with E-state index in [1.54, 1.807) is 0 Å².